The van der Waals surface area contributed by atoms with Crippen molar-refractivity contribution in [1.82, 2.24) is 0 Å². The van der Waals surface area contributed by atoms with Crippen LogP contribution in [0, 0.1) is 0 Å². The molecule has 0 heterocycles. The second-order valence-corrected chi connectivity index (χ2v) is 6.23. The first-order valence-electron chi connectivity index (χ1n) is 5.76. The van der Waals surface area contributed by atoms with Crippen molar-refractivity contribution in [2.75, 3.05) is 16.8 Å². The zero-order valence-corrected chi connectivity index (χ0v) is 12.4. The summed E-state index contributed by atoms with van der Waals surface area (Å²) < 4.78 is 22.9. The summed E-state index contributed by atoms with van der Waals surface area (Å²) >= 11 is 0. The van der Waals surface area contributed by atoms with Gasteiger partial charge in [0.1, 0.15) is 5.75 Å². The third-order valence-corrected chi connectivity index (χ3v) is 4.07. The molecule has 0 radical (unpaired) electrons. The second-order valence-electron chi connectivity index (χ2n) is 4.04. The van der Waals surface area contributed by atoms with E-state index >= 15 is 0 Å². The molecule has 0 aromatic heterocycles. The van der Waals surface area contributed by atoms with Gasteiger partial charge in [-0.2, -0.15) is 0 Å². The molecule has 0 aliphatic heterocycles. The molecular formula is C12H19ClN2O3S. The molecule has 0 saturated heterocycles. The van der Waals surface area contributed by atoms with Crippen LogP contribution < -0.4 is 11.1 Å². The first-order valence-corrected chi connectivity index (χ1v) is 7.58. The Labute approximate surface area is 119 Å². The summed E-state index contributed by atoms with van der Waals surface area (Å²) in [6.07, 6.45) is 0.515. The van der Waals surface area contributed by atoms with Gasteiger partial charge in [-0.05, 0) is 24.1 Å². The van der Waals surface area contributed by atoms with Gasteiger partial charge in [-0.3, -0.25) is 4.79 Å². The summed E-state index contributed by atoms with van der Waals surface area (Å²) in [7, 11) is -3.30. The summed E-state index contributed by atoms with van der Waals surface area (Å²) in [5, 5.41) is 2.55. The molecule has 19 heavy (non-hydrogen) atoms. The van der Waals surface area contributed by atoms with Crippen LogP contribution in [0.4, 0.5) is 5.69 Å². The average molecular weight is 307 g/mol. The van der Waals surface area contributed by atoms with Crippen molar-refractivity contribution < 1.29 is 13.2 Å². The Morgan fingerprint density at radius 1 is 1.26 bits per heavy atom. The van der Waals surface area contributed by atoms with Gasteiger partial charge in [0.15, 0.2) is 9.84 Å². The van der Waals surface area contributed by atoms with Crippen LogP contribution in [0.1, 0.15) is 18.9 Å². The first kappa shape index (κ1) is 17.9. The number of carbonyl (C=O) groups excluding carboxylic acids is 1. The van der Waals surface area contributed by atoms with Gasteiger partial charge in [-0.1, -0.05) is 19.1 Å². The molecule has 0 aliphatic carbocycles. The fraction of sp³-hybridized carbons (Fsp3) is 0.417. The summed E-state index contributed by atoms with van der Waals surface area (Å²) in [5.41, 5.74) is 6.97. The Kier molecular flexibility index (Phi) is 7.66. The molecule has 0 spiro atoms. The fourth-order valence-corrected chi connectivity index (χ4v) is 2.74. The summed E-state index contributed by atoms with van der Waals surface area (Å²) in [6.45, 7) is 2.19. The van der Waals surface area contributed by atoms with E-state index in [4.69, 9.17) is 5.73 Å². The molecule has 108 valence electrons. The fourth-order valence-electron chi connectivity index (χ4n) is 1.50. The van der Waals surface area contributed by atoms with E-state index in [9.17, 15) is 13.2 Å². The number of hydrogen-bond acceptors (Lipinski definition) is 4. The number of nitrogens with one attached hydrogen (secondary N) is 1. The maximum Gasteiger partial charge on any atom is 0.239 e. The van der Waals surface area contributed by atoms with Crippen LogP contribution in [0.15, 0.2) is 24.3 Å². The highest BCUT2D eigenvalue weighted by molar-refractivity contribution is 7.92. The Morgan fingerprint density at radius 3 is 2.32 bits per heavy atom. The van der Waals surface area contributed by atoms with Crippen LogP contribution in [-0.2, 0) is 21.2 Å². The van der Waals surface area contributed by atoms with Gasteiger partial charge in [0.05, 0.1) is 5.75 Å². The molecule has 0 saturated carbocycles. The normalized spacial score (nSPS) is 10.6. The van der Waals surface area contributed by atoms with E-state index in [0.717, 1.165) is 5.56 Å². The minimum absolute atomic E-state index is 0. The first-order chi connectivity index (χ1) is 8.46. The van der Waals surface area contributed by atoms with E-state index < -0.39 is 21.5 Å². The number of sulfone groups is 1. The second kappa shape index (κ2) is 8.14. The van der Waals surface area contributed by atoms with Crippen LogP contribution in [0.2, 0.25) is 0 Å². The molecule has 1 aromatic rings. The number of hydrogen-bond donors (Lipinski definition) is 2. The molecule has 0 aliphatic rings. The van der Waals surface area contributed by atoms with Gasteiger partial charge < -0.3 is 11.1 Å². The molecule has 5 nitrogen and oxygen atoms in total. The average Bonchev–Trinajstić information content (AvgIpc) is 2.28. The maximum atomic E-state index is 11.5. The highest BCUT2D eigenvalue weighted by Crippen LogP contribution is 2.09. The zero-order valence-electron chi connectivity index (χ0n) is 10.8. The van der Waals surface area contributed by atoms with Crippen LogP contribution in [-0.4, -0.2) is 25.8 Å². The standard InChI is InChI=1S/C12H18N2O3S.ClH/c1-2-7-18(16,17)9-12(15)14-11-5-3-10(8-13)4-6-11;/h3-6H,2,7-9,13H2,1H3,(H,14,15);1H. The molecule has 1 aromatic carbocycles. The number of anilines is 1. The molecule has 0 atom stereocenters. The maximum absolute atomic E-state index is 11.5. The van der Waals surface area contributed by atoms with Gasteiger partial charge in [-0.15, -0.1) is 12.4 Å². The molecular weight excluding hydrogens is 288 g/mol. The van der Waals surface area contributed by atoms with Crippen molar-refractivity contribution in [3.63, 3.8) is 0 Å². The Morgan fingerprint density at radius 2 is 1.84 bits per heavy atom. The number of amides is 1. The molecule has 0 unspecified atom stereocenters. The number of rotatable bonds is 6. The number of halogens is 1. The van der Waals surface area contributed by atoms with E-state index in [1.54, 1.807) is 31.2 Å². The quantitative estimate of drug-likeness (QED) is 0.829. The Bertz CT molecular complexity index is 500. The topological polar surface area (TPSA) is 89.3 Å². The van der Waals surface area contributed by atoms with Crippen LogP contribution in [0.3, 0.4) is 0 Å². The van der Waals surface area contributed by atoms with E-state index in [-0.39, 0.29) is 18.2 Å². The van der Waals surface area contributed by atoms with E-state index in [0.29, 0.717) is 18.7 Å². The minimum Gasteiger partial charge on any atom is -0.326 e. The lowest BCUT2D eigenvalue weighted by atomic mass is 10.2. The van der Waals surface area contributed by atoms with E-state index in [2.05, 4.69) is 5.32 Å². The van der Waals surface area contributed by atoms with E-state index in [1.165, 1.54) is 0 Å². The number of carbonyl (C=O) groups is 1. The van der Waals surface area contributed by atoms with Gasteiger partial charge in [0.2, 0.25) is 5.91 Å². The largest absolute Gasteiger partial charge is 0.326 e. The van der Waals surface area contributed by atoms with Crippen molar-refractivity contribution >= 4 is 33.8 Å². The monoisotopic (exact) mass is 306 g/mol. The summed E-state index contributed by atoms with van der Waals surface area (Å²) in [6, 6.07) is 6.98. The smallest absolute Gasteiger partial charge is 0.239 e. The lowest BCUT2D eigenvalue weighted by Crippen LogP contribution is -2.24. The lowest BCUT2D eigenvalue weighted by molar-refractivity contribution is -0.113. The molecule has 1 rings (SSSR count). The van der Waals surface area contributed by atoms with Crippen molar-refractivity contribution in [1.29, 1.82) is 0 Å². The molecule has 0 bridgehead atoms. The Hall–Kier alpha value is -1.11. The van der Waals surface area contributed by atoms with Crippen molar-refractivity contribution in [2.24, 2.45) is 5.73 Å². The van der Waals surface area contributed by atoms with Gasteiger partial charge >= 0.3 is 0 Å². The highest BCUT2D eigenvalue weighted by Gasteiger charge is 2.15. The van der Waals surface area contributed by atoms with Crippen LogP contribution in [0.25, 0.3) is 0 Å². The van der Waals surface area contributed by atoms with Gasteiger partial charge in [-0.25, -0.2) is 8.42 Å². The van der Waals surface area contributed by atoms with Crippen LogP contribution in [0.5, 0.6) is 0 Å². The molecule has 7 heteroatoms. The van der Waals surface area contributed by atoms with Crippen LogP contribution >= 0.6 is 12.4 Å². The van der Waals surface area contributed by atoms with E-state index in [1.807, 2.05) is 0 Å². The van der Waals surface area contributed by atoms with Crippen molar-refractivity contribution in [3.8, 4) is 0 Å². The molecule has 0 fully saturated rings. The van der Waals surface area contributed by atoms with Gasteiger partial charge in [0, 0.05) is 12.2 Å². The zero-order chi connectivity index (χ0) is 13.6. The number of benzene rings is 1. The van der Waals surface area contributed by atoms with Crippen molar-refractivity contribution in [2.45, 2.75) is 19.9 Å². The summed E-state index contributed by atoms with van der Waals surface area (Å²) in [5.74, 6) is -0.949. The van der Waals surface area contributed by atoms with Gasteiger partial charge in [0.25, 0.3) is 0 Å². The minimum atomic E-state index is -3.30. The lowest BCUT2D eigenvalue weighted by Gasteiger charge is -2.06. The van der Waals surface area contributed by atoms with Crippen molar-refractivity contribution in [3.05, 3.63) is 29.8 Å². The summed E-state index contributed by atoms with van der Waals surface area (Å²) in [4.78, 5) is 11.5. The molecule has 1 amide bonds. The number of nitrogens with two attached hydrogens (primary N) is 1. The third kappa shape index (κ3) is 6.56. The SMILES string of the molecule is CCCS(=O)(=O)CC(=O)Nc1ccc(CN)cc1.Cl. The predicted molar refractivity (Wildman–Crippen MR) is 79.2 cm³/mol. The predicted octanol–water partition coefficient (Wildman–Crippen LogP) is 1.33. The third-order valence-electron chi connectivity index (χ3n) is 2.34. The highest BCUT2D eigenvalue weighted by atomic mass is 35.5. The molecule has 3 N–H and O–H groups in total. The Balaban J connectivity index is 0.00000324.